The lowest BCUT2D eigenvalue weighted by Gasteiger charge is -2.13. The third-order valence-electron chi connectivity index (χ3n) is 3.52. The Morgan fingerprint density at radius 2 is 2.11 bits per heavy atom. The molecule has 0 saturated heterocycles. The molecule has 1 aliphatic rings. The van der Waals surface area contributed by atoms with E-state index in [0.29, 0.717) is 11.2 Å². The lowest BCUT2D eigenvalue weighted by Crippen LogP contribution is -2.07. The maximum absolute atomic E-state index is 4.61. The summed E-state index contributed by atoms with van der Waals surface area (Å²) in [5, 5.41) is 0.457. The van der Waals surface area contributed by atoms with E-state index in [2.05, 4.69) is 70.7 Å². The van der Waals surface area contributed by atoms with E-state index in [1.165, 1.54) is 16.7 Å². The van der Waals surface area contributed by atoms with Gasteiger partial charge in [-0.25, -0.2) is 0 Å². The Hall–Kier alpha value is -0.690. The van der Waals surface area contributed by atoms with Gasteiger partial charge in [0.05, 0.1) is 0 Å². The summed E-state index contributed by atoms with van der Waals surface area (Å²) in [5.74, 6) is 0.518. The molecule has 0 saturated carbocycles. The van der Waals surface area contributed by atoms with Crippen LogP contribution in [-0.4, -0.2) is 5.25 Å². The van der Waals surface area contributed by atoms with Gasteiger partial charge < -0.3 is 0 Å². The van der Waals surface area contributed by atoms with E-state index >= 15 is 0 Å². The SMILES string of the molecule is CCC1=C(C=CC(C)C(S)CC)C=C(C)CC=C1. The van der Waals surface area contributed by atoms with Crippen molar-refractivity contribution in [2.45, 2.75) is 52.2 Å². The Kier molecular flexibility index (Phi) is 6.56. The Morgan fingerprint density at radius 3 is 2.72 bits per heavy atom. The summed E-state index contributed by atoms with van der Waals surface area (Å²) in [6.07, 6.45) is 14.7. The number of hydrogen-bond donors (Lipinski definition) is 1. The van der Waals surface area contributed by atoms with Crippen LogP contribution in [-0.2, 0) is 0 Å². The molecular formula is C17H26S. The molecule has 0 aliphatic heterocycles. The standard InChI is InChI=1S/C17H26S/c1-5-15-9-7-8-13(3)12-16(15)11-10-14(4)17(18)6-2/h7,9-12,14,17-18H,5-6,8H2,1-4H3. The van der Waals surface area contributed by atoms with Crippen molar-refractivity contribution in [2.75, 3.05) is 0 Å². The minimum atomic E-state index is 0.457. The van der Waals surface area contributed by atoms with Crippen molar-refractivity contribution in [1.29, 1.82) is 0 Å². The van der Waals surface area contributed by atoms with Gasteiger partial charge in [-0.05, 0) is 43.3 Å². The van der Waals surface area contributed by atoms with E-state index in [1.54, 1.807) is 0 Å². The molecule has 0 aromatic heterocycles. The average Bonchev–Trinajstić information content (AvgIpc) is 2.55. The molecule has 0 fully saturated rings. The molecule has 0 spiro atoms. The zero-order chi connectivity index (χ0) is 13.5. The van der Waals surface area contributed by atoms with Crippen molar-refractivity contribution in [1.82, 2.24) is 0 Å². The highest BCUT2D eigenvalue weighted by Crippen LogP contribution is 2.22. The van der Waals surface area contributed by atoms with Crippen LogP contribution in [0.2, 0.25) is 0 Å². The quantitative estimate of drug-likeness (QED) is 0.621. The fourth-order valence-electron chi connectivity index (χ4n) is 2.13. The summed E-state index contributed by atoms with van der Waals surface area (Å²) in [6, 6.07) is 0. The van der Waals surface area contributed by atoms with Crippen molar-refractivity contribution >= 4 is 12.6 Å². The summed E-state index contributed by atoms with van der Waals surface area (Å²) in [6.45, 7) is 8.86. The number of hydrogen-bond acceptors (Lipinski definition) is 1. The van der Waals surface area contributed by atoms with Crippen LogP contribution in [0.3, 0.4) is 0 Å². The summed E-state index contributed by atoms with van der Waals surface area (Å²) in [5.41, 5.74) is 4.23. The monoisotopic (exact) mass is 262 g/mol. The Labute approximate surface area is 118 Å². The Morgan fingerprint density at radius 1 is 1.39 bits per heavy atom. The molecule has 1 rings (SSSR count). The number of allylic oxidation sites excluding steroid dienone is 8. The van der Waals surface area contributed by atoms with Crippen LogP contribution in [0, 0.1) is 5.92 Å². The van der Waals surface area contributed by atoms with Crippen molar-refractivity contribution in [3.8, 4) is 0 Å². The van der Waals surface area contributed by atoms with Crippen molar-refractivity contribution in [3.05, 3.63) is 47.1 Å². The molecule has 18 heavy (non-hydrogen) atoms. The predicted octanol–water partition coefficient (Wildman–Crippen LogP) is 5.50. The molecule has 0 N–H and O–H groups in total. The second-order valence-corrected chi connectivity index (χ2v) is 5.79. The van der Waals surface area contributed by atoms with Gasteiger partial charge in [-0.2, -0.15) is 12.6 Å². The third kappa shape index (κ3) is 4.53. The molecule has 0 bridgehead atoms. The average molecular weight is 262 g/mol. The van der Waals surface area contributed by atoms with E-state index in [9.17, 15) is 0 Å². The van der Waals surface area contributed by atoms with Crippen LogP contribution >= 0.6 is 12.6 Å². The molecule has 0 radical (unpaired) electrons. The lowest BCUT2D eigenvalue weighted by molar-refractivity contribution is 0.657. The highest BCUT2D eigenvalue weighted by molar-refractivity contribution is 7.81. The summed E-state index contributed by atoms with van der Waals surface area (Å²) in [7, 11) is 0. The first kappa shape index (κ1) is 15.4. The highest BCUT2D eigenvalue weighted by atomic mass is 32.1. The predicted molar refractivity (Wildman–Crippen MR) is 86.2 cm³/mol. The van der Waals surface area contributed by atoms with Crippen LogP contribution < -0.4 is 0 Å². The fourth-order valence-corrected chi connectivity index (χ4v) is 2.23. The summed E-state index contributed by atoms with van der Waals surface area (Å²) < 4.78 is 0. The maximum atomic E-state index is 4.61. The molecule has 0 aromatic carbocycles. The second kappa shape index (κ2) is 7.68. The molecule has 0 nitrogen and oxygen atoms in total. The van der Waals surface area contributed by atoms with E-state index in [0.717, 1.165) is 19.3 Å². The van der Waals surface area contributed by atoms with Gasteiger partial charge in [-0.1, -0.05) is 56.7 Å². The number of thiol groups is 1. The number of rotatable bonds is 5. The molecule has 1 aliphatic carbocycles. The van der Waals surface area contributed by atoms with Gasteiger partial charge in [0, 0.05) is 5.25 Å². The van der Waals surface area contributed by atoms with Crippen molar-refractivity contribution < 1.29 is 0 Å². The van der Waals surface area contributed by atoms with Crippen LogP contribution in [0.5, 0.6) is 0 Å². The van der Waals surface area contributed by atoms with Gasteiger partial charge in [0.1, 0.15) is 0 Å². The topological polar surface area (TPSA) is 0 Å². The van der Waals surface area contributed by atoms with Crippen LogP contribution in [0.25, 0.3) is 0 Å². The van der Waals surface area contributed by atoms with E-state index < -0.39 is 0 Å². The zero-order valence-electron chi connectivity index (χ0n) is 12.1. The minimum absolute atomic E-state index is 0.457. The smallest absolute Gasteiger partial charge is 0.00744 e. The largest absolute Gasteiger partial charge is 0.175 e. The molecular weight excluding hydrogens is 236 g/mol. The van der Waals surface area contributed by atoms with Gasteiger partial charge in [0.25, 0.3) is 0 Å². The molecule has 100 valence electrons. The Bertz CT molecular complexity index is 382. The Balaban J connectivity index is 2.91. The van der Waals surface area contributed by atoms with Crippen LogP contribution in [0.4, 0.5) is 0 Å². The van der Waals surface area contributed by atoms with Crippen LogP contribution in [0.15, 0.2) is 47.1 Å². The first-order valence-corrected chi connectivity index (χ1v) is 7.53. The van der Waals surface area contributed by atoms with Gasteiger partial charge in [-0.15, -0.1) is 0 Å². The fraction of sp³-hybridized carbons (Fsp3) is 0.529. The van der Waals surface area contributed by atoms with E-state index in [1.807, 2.05) is 0 Å². The van der Waals surface area contributed by atoms with E-state index in [4.69, 9.17) is 0 Å². The molecule has 0 heterocycles. The maximum Gasteiger partial charge on any atom is 0.00744 e. The first-order chi connectivity index (χ1) is 8.58. The highest BCUT2D eigenvalue weighted by Gasteiger charge is 2.08. The molecule has 1 heteroatoms. The lowest BCUT2D eigenvalue weighted by atomic mass is 10.00. The van der Waals surface area contributed by atoms with Gasteiger partial charge in [0.2, 0.25) is 0 Å². The molecule has 0 aromatic rings. The normalized spacial score (nSPS) is 19.9. The third-order valence-corrected chi connectivity index (χ3v) is 4.35. The summed E-state index contributed by atoms with van der Waals surface area (Å²) >= 11 is 4.61. The first-order valence-electron chi connectivity index (χ1n) is 7.01. The molecule has 0 amide bonds. The minimum Gasteiger partial charge on any atom is -0.175 e. The van der Waals surface area contributed by atoms with Crippen molar-refractivity contribution in [3.63, 3.8) is 0 Å². The van der Waals surface area contributed by atoms with Gasteiger partial charge in [0.15, 0.2) is 0 Å². The van der Waals surface area contributed by atoms with Gasteiger partial charge >= 0.3 is 0 Å². The zero-order valence-corrected chi connectivity index (χ0v) is 13.0. The summed E-state index contributed by atoms with van der Waals surface area (Å²) in [4.78, 5) is 0. The second-order valence-electron chi connectivity index (χ2n) is 5.13. The van der Waals surface area contributed by atoms with Gasteiger partial charge in [-0.3, -0.25) is 0 Å². The van der Waals surface area contributed by atoms with Crippen LogP contribution in [0.1, 0.15) is 47.0 Å². The van der Waals surface area contributed by atoms with E-state index in [-0.39, 0.29) is 0 Å². The molecule has 2 atom stereocenters. The van der Waals surface area contributed by atoms with Crippen molar-refractivity contribution in [2.24, 2.45) is 5.92 Å². The molecule has 2 unspecified atom stereocenters.